The minimum absolute atomic E-state index is 0.158. The zero-order valence-electron chi connectivity index (χ0n) is 9.54. The molecule has 0 aliphatic carbocycles. The second-order valence-corrected chi connectivity index (χ2v) is 4.37. The third kappa shape index (κ3) is 3.19. The maximum absolute atomic E-state index is 13.6. The minimum atomic E-state index is -0.885. The maximum atomic E-state index is 13.6. The van der Waals surface area contributed by atoms with Crippen LogP contribution in [-0.4, -0.2) is 30.7 Å². The Morgan fingerprint density at radius 2 is 2.12 bits per heavy atom. The van der Waals surface area contributed by atoms with E-state index in [1.807, 2.05) is 30.3 Å². The van der Waals surface area contributed by atoms with E-state index in [2.05, 4.69) is 14.9 Å². The normalized spacial score (nSPS) is 24.5. The lowest BCUT2D eigenvalue weighted by molar-refractivity contribution is 0.271. The molecule has 90 valence electrons. The number of halogens is 1. The minimum Gasteiger partial charge on any atom is -0.296 e. The van der Waals surface area contributed by atoms with Crippen molar-refractivity contribution in [2.45, 2.75) is 12.7 Å². The molecule has 5 heteroatoms. The maximum Gasteiger partial charge on any atom is 0.117 e. The van der Waals surface area contributed by atoms with E-state index < -0.39 is 6.17 Å². The van der Waals surface area contributed by atoms with Gasteiger partial charge in [0.1, 0.15) is 6.17 Å². The molecule has 1 aliphatic rings. The smallest absolute Gasteiger partial charge is 0.117 e. The van der Waals surface area contributed by atoms with Crippen molar-refractivity contribution in [2.75, 3.05) is 19.6 Å². The van der Waals surface area contributed by atoms with E-state index in [0.717, 1.165) is 6.54 Å². The first-order valence-electron chi connectivity index (χ1n) is 5.71. The molecule has 2 atom stereocenters. The average Bonchev–Trinajstić information content (AvgIpc) is 2.68. The Morgan fingerprint density at radius 3 is 2.82 bits per heavy atom. The largest absolute Gasteiger partial charge is 0.296 e. The van der Waals surface area contributed by atoms with Crippen LogP contribution in [-0.2, 0) is 6.54 Å². The van der Waals surface area contributed by atoms with E-state index >= 15 is 0 Å². The molecule has 4 nitrogen and oxygen atoms in total. The molecule has 0 saturated carbocycles. The number of hydrogen-bond donors (Lipinski definition) is 0. The quantitative estimate of drug-likeness (QED) is 0.449. The fraction of sp³-hybridized carbons (Fsp3) is 0.500. The van der Waals surface area contributed by atoms with Crippen LogP contribution in [0.25, 0.3) is 10.4 Å². The van der Waals surface area contributed by atoms with Crippen molar-refractivity contribution in [3.8, 4) is 0 Å². The van der Waals surface area contributed by atoms with Crippen LogP contribution < -0.4 is 0 Å². The molecule has 1 aromatic carbocycles. The summed E-state index contributed by atoms with van der Waals surface area (Å²) in [5, 5.41) is 3.46. The SMILES string of the molecule is [N-]=[N+]=NC[C@H]1CN(Cc2ccccc2)C[C@@H]1F. The number of alkyl halides is 1. The predicted octanol–water partition coefficient (Wildman–Crippen LogP) is 2.77. The predicted molar refractivity (Wildman–Crippen MR) is 64.1 cm³/mol. The van der Waals surface area contributed by atoms with Gasteiger partial charge in [0.2, 0.25) is 0 Å². The molecule has 2 rings (SSSR count). The van der Waals surface area contributed by atoms with Crippen molar-refractivity contribution in [3.05, 3.63) is 46.3 Å². The van der Waals surface area contributed by atoms with Gasteiger partial charge in [0.15, 0.2) is 0 Å². The summed E-state index contributed by atoms with van der Waals surface area (Å²) in [4.78, 5) is 4.75. The number of likely N-dealkylation sites (tertiary alicyclic amines) is 1. The Bertz CT molecular complexity index is 402. The van der Waals surface area contributed by atoms with Crippen molar-refractivity contribution < 1.29 is 4.39 Å². The van der Waals surface area contributed by atoms with Gasteiger partial charge in [-0.15, -0.1) is 0 Å². The summed E-state index contributed by atoms with van der Waals surface area (Å²) >= 11 is 0. The van der Waals surface area contributed by atoms with E-state index in [1.165, 1.54) is 5.56 Å². The van der Waals surface area contributed by atoms with E-state index in [1.54, 1.807) is 0 Å². The van der Waals surface area contributed by atoms with Gasteiger partial charge in [-0.1, -0.05) is 35.4 Å². The monoisotopic (exact) mass is 234 g/mol. The van der Waals surface area contributed by atoms with Crippen LogP contribution in [0.15, 0.2) is 35.4 Å². The summed E-state index contributed by atoms with van der Waals surface area (Å²) < 4.78 is 13.6. The highest BCUT2D eigenvalue weighted by atomic mass is 19.1. The number of benzene rings is 1. The molecule has 17 heavy (non-hydrogen) atoms. The fourth-order valence-electron chi connectivity index (χ4n) is 2.20. The van der Waals surface area contributed by atoms with E-state index in [4.69, 9.17) is 5.53 Å². The van der Waals surface area contributed by atoms with E-state index in [-0.39, 0.29) is 12.5 Å². The van der Waals surface area contributed by atoms with E-state index in [9.17, 15) is 4.39 Å². The molecule has 0 spiro atoms. The Balaban J connectivity index is 1.90. The number of nitrogens with zero attached hydrogens (tertiary/aromatic N) is 4. The number of hydrogen-bond acceptors (Lipinski definition) is 2. The molecule has 1 fully saturated rings. The lowest BCUT2D eigenvalue weighted by Gasteiger charge is -2.14. The third-order valence-electron chi connectivity index (χ3n) is 3.07. The van der Waals surface area contributed by atoms with Crippen LogP contribution in [0, 0.1) is 5.92 Å². The summed E-state index contributed by atoms with van der Waals surface area (Å²) in [5.41, 5.74) is 9.42. The van der Waals surface area contributed by atoms with Gasteiger partial charge in [0.25, 0.3) is 0 Å². The standard InChI is InChI=1S/C12H15FN4/c13-12-9-17(8-11(12)6-15-16-14)7-10-4-2-1-3-5-10/h1-5,11-12H,6-9H2/t11-,12-/m0/s1. The first-order valence-corrected chi connectivity index (χ1v) is 5.71. The fourth-order valence-corrected chi connectivity index (χ4v) is 2.20. The Hall–Kier alpha value is -1.58. The molecular formula is C12H15FN4. The third-order valence-corrected chi connectivity index (χ3v) is 3.07. The van der Waals surface area contributed by atoms with Gasteiger partial charge in [-0.05, 0) is 11.1 Å². The second kappa shape index (κ2) is 5.66. The molecule has 0 bridgehead atoms. The lowest BCUT2D eigenvalue weighted by Crippen LogP contribution is -2.20. The molecule has 0 N–H and O–H groups in total. The molecule has 0 radical (unpaired) electrons. The first kappa shape index (κ1) is 11.9. The Morgan fingerprint density at radius 1 is 1.35 bits per heavy atom. The van der Waals surface area contributed by atoms with Crippen LogP contribution in [0.4, 0.5) is 4.39 Å². The molecule has 1 aromatic rings. The summed E-state index contributed by atoms with van der Waals surface area (Å²) in [5.74, 6) is -0.158. The van der Waals surface area contributed by atoms with Crippen LogP contribution in [0.5, 0.6) is 0 Å². The number of rotatable bonds is 4. The van der Waals surface area contributed by atoms with Crippen LogP contribution in [0.2, 0.25) is 0 Å². The zero-order valence-corrected chi connectivity index (χ0v) is 9.54. The van der Waals surface area contributed by atoms with Gasteiger partial charge in [0, 0.05) is 37.0 Å². The summed E-state index contributed by atoms with van der Waals surface area (Å²) in [6.45, 7) is 2.10. The highest BCUT2D eigenvalue weighted by molar-refractivity contribution is 5.14. The second-order valence-electron chi connectivity index (χ2n) is 4.37. The summed E-state index contributed by atoms with van der Waals surface area (Å²) in [6.07, 6.45) is -0.885. The molecule has 1 aliphatic heterocycles. The van der Waals surface area contributed by atoms with Crippen LogP contribution in [0.1, 0.15) is 5.56 Å². The molecular weight excluding hydrogens is 219 g/mol. The van der Waals surface area contributed by atoms with Crippen molar-refractivity contribution in [1.82, 2.24) is 4.90 Å². The highest BCUT2D eigenvalue weighted by Crippen LogP contribution is 2.22. The van der Waals surface area contributed by atoms with Gasteiger partial charge < -0.3 is 0 Å². The highest BCUT2D eigenvalue weighted by Gasteiger charge is 2.31. The summed E-state index contributed by atoms with van der Waals surface area (Å²) in [7, 11) is 0. The molecule has 0 unspecified atom stereocenters. The zero-order chi connectivity index (χ0) is 12.1. The molecule has 0 aromatic heterocycles. The van der Waals surface area contributed by atoms with Crippen molar-refractivity contribution in [3.63, 3.8) is 0 Å². The van der Waals surface area contributed by atoms with Gasteiger partial charge in [-0.3, -0.25) is 4.90 Å². The van der Waals surface area contributed by atoms with Crippen LogP contribution >= 0.6 is 0 Å². The van der Waals surface area contributed by atoms with E-state index in [0.29, 0.717) is 13.1 Å². The van der Waals surface area contributed by atoms with Crippen molar-refractivity contribution in [1.29, 1.82) is 0 Å². The van der Waals surface area contributed by atoms with Crippen molar-refractivity contribution in [2.24, 2.45) is 11.0 Å². The van der Waals surface area contributed by atoms with Crippen molar-refractivity contribution >= 4 is 0 Å². The Kier molecular flexibility index (Phi) is 3.96. The van der Waals surface area contributed by atoms with Gasteiger partial charge in [0.05, 0.1) is 0 Å². The molecule has 0 amide bonds. The van der Waals surface area contributed by atoms with Gasteiger partial charge >= 0.3 is 0 Å². The number of azide groups is 1. The van der Waals surface area contributed by atoms with Gasteiger partial charge in [-0.2, -0.15) is 0 Å². The first-order chi connectivity index (χ1) is 8.29. The Labute approximate surface area is 99.7 Å². The van der Waals surface area contributed by atoms with Gasteiger partial charge in [-0.25, -0.2) is 4.39 Å². The average molecular weight is 234 g/mol. The van der Waals surface area contributed by atoms with Crippen LogP contribution in [0.3, 0.4) is 0 Å². The topological polar surface area (TPSA) is 52.0 Å². The lowest BCUT2D eigenvalue weighted by atomic mass is 10.1. The molecule has 1 saturated heterocycles. The summed E-state index contributed by atoms with van der Waals surface area (Å²) in [6, 6.07) is 10.0. The molecule has 1 heterocycles.